The lowest BCUT2D eigenvalue weighted by atomic mass is 10.2. The first kappa shape index (κ1) is 21.4. The van der Waals surface area contributed by atoms with Crippen molar-refractivity contribution in [2.75, 3.05) is 26.4 Å². The first-order valence-corrected chi connectivity index (χ1v) is 11.2. The molecule has 138 valence electrons. The van der Waals surface area contributed by atoms with Crippen LogP contribution >= 0.6 is 15.4 Å². The molecule has 7 nitrogen and oxygen atoms in total. The van der Waals surface area contributed by atoms with Crippen LogP contribution in [-0.2, 0) is 33.4 Å². The highest BCUT2D eigenvalue weighted by Gasteiger charge is 2.31. The van der Waals surface area contributed by atoms with Gasteiger partial charge >= 0.3 is 15.4 Å². The van der Waals surface area contributed by atoms with Gasteiger partial charge < -0.3 is 13.6 Å². The predicted octanol–water partition coefficient (Wildman–Crippen LogP) is 5.01. The van der Waals surface area contributed by atoms with E-state index < -0.39 is 15.4 Å². The Morgan fingerprint density at radius 2 is 1.29 bits per heavy atom. The molecule has 0 aromatic heterocycles. The fourth-order valence-electron chi connectivity index (χ4n) is 1.98. The van der Waals surface area contributed by atoms with E-state index >= 15 is 0 Å². The SMILES string of the molecule is CCOP(=O)(Cc1ccccc1OP(=O)(OCC)OCC)OCC. The van der Waals surface area contributed by atoms with E-state index in [0.29, 0.717) is 5.56 Å². The number of benzene rings is 1. The Morgan fingerprint density at radius 3 is 1.79 bits per heavy atom. The Kier molecular flexibility index (Phi) is 9.21. The molecule has 24 heavy (non-hydrogen) atoms. The van der Waals surface area contributed by atoms with Gasteiger partial charge in [0.15, 0.2) is 0 Å². The van der Waals surface area contributed by atoms with E-state index in [2.05, 4.69) is 0 Å². The molecule has 0 aliphatic heterocycles. The fourth-order valence-corrected chi connectivity index (χ4v) is 4.93. The van der Waals surface area contributed by atoms with Crippen LogP contribution in [0.1, 0.15) is 33.3 Å². The van der Waals surface area contributed by atoms with Crippen LogP contribution in [0, 0.1) is 0 Å². The Balaban J connectivity index is 3.06. The Labute approximate surface area is 143 Å². The average molecular weight is 380 g/mol. The van der Waals surface area contributed by atoms with Gasteiger partial charge in [0, 0.05) is 5.56 Å². The van der Waals surface area contributed by atoms with E-state index in [1.54, 1.807) is 52.0 Å². The van der Waals surface area contributed by atoms with E-state index in [1.165, 1.54) is 0 Å². The predicted molar refractivity (Wildman–Crippen MR) is 92.5 cm³/mol. The monoisotopic (exact) mass is 380 g/mol. The summed E-state index contributed by atoms with van der Waals surface area (Å²) in [6, 6.07) is 6.80. The molecule has 0 fully saturated rings. The normalized spacial score (nSPS) is 12.3. The summed E-state index contributed by atoms with van der Waals surface area (Å²) in [6.45, 7) is 7.75. The molecule has 0 N–H and O–H groups in total. The maximum atomic E-state index is 12.7. The average Bonchev–Trinajstić information content (AvgIpc) is 2.50. The molecule has 0 spiro atoms. The summed E-state index contributed by atoms with van der Waals surface area (Å²) < 4.78 is 51.6. The van der Waals surface area contributed by atoms with Gasteiger partial charge in [-0.15, -0.1) is 0 Å². The second kappa shape index (κ2) is 10.3. The molecule has 1 aromatic carbocycles. The largest absolute Gasteiger partial charge is 0.530 e. The molecule has 0 saturated heterocycles. The first-order valence-electron chi connectivity index (χ1n) is 7.96. The molecule has 0 aliphatic carbocycles. The van der Waals surface area contributed by atoms with E-state index in [1.807, 2.05) is 0 Å². The van der Waals surface area contributed by atoms with Crippen LogP contribution in [0.25, 0.3) is 0 Å². The van der Waals surface area contributed by atoms with Crippen LogP contribution in [0.3, 0.4) is 0 Å². The number of rotatable bonds is 12. The van der Waals surface area contributed by atoms with Crippen molar-refractivity contribution in [3.63, 3.8) is 0 Å². The van der Waals surface area contributed by atoms with Crippen LogP contribution in [0.5, 0.6) is 5.75 Å². The topological polar surface area (TPSA) is 80.3 Å². The maximum Gasteiger partial charge on any atom is 0.530 e. The lowest BCUT2D eigenvalue weighted by Crippen LogP contribution is -2.05. The van der Waals surface area contributed by atoms with Crippen molar-refractivity contribution in [2.45, 2.75) is 33.9 Å². The molecule has 0 bridgehead atoms. The Bertz CT molecular complexity index is 520. The Morgan fingerprint density at radius 1 is 0.792 bits per heavy atom. The lowest BCUT2D eigenvalue weighted by Gasteiger charge is -2.21. The number of hydrogen-bond donors (Lipinski definition) is 0. The van der Waals surface area contributed by atoms with Gasteiger partial charge in [-0.25, -0.2) is 4.57 Å². The summed E-state index contributed by atoms with van der Waals surface area (Å²) in [7, 11) is -7.05. The van der Waals surface area contributed by atoms with Crippen LogP contribution in [-0.4, -0.2) is 26.4 Å². The summed E-state index contributed by atoms with van der Waals surface area (Å²) in [5, 5.41) is 0. The second-order valence-corrected chi connectivity index (χ2v) is 8.23. The summed E-state index contributed by atoms with van der Waals surface area (Å²) in [6.07, 6.45) is 0.00308. The molecule has 0 aliphatic rings. The van der Waals surface area contributed by atoms with Crippen LogP contribution in [0.4, 0.5) is 0 Å². The maximum absolute atomic E-state index is 12.7. The molecule has 1 rings (SSSR count). The molecule has 9 heteroatoms. The van der Waals surface area contributed by atoms with Crippen molar-refractivity contribution in [1.29, 1.82) is 0 Å². The number of hydrogen-bond acceptors (Lipinski definition) is 7. The van der Waals surface area contributed by atoms with Crippen LogP contribution in [0.15, 0.2) is 24.3 Å². The molecule has 0 saturated carbocycles. The summed E-state index contributed by atoms with van der Waals surface area (Å²) >= 11 is 0. The van der Waals surface area contributed by atoms with Crippen molar-refractivity contribution in [3.05, 3.63) is 29.8 Å². The molecule has 0 amide bonds. The molecule has 0 radical (unpaired) electrons. The third-order valence-corrected chi connectivity index (χ3v) is 6.37. The molecule has 1 aromatic rings. The first-order chi connectivity index (χ1) is 11.4. The van der Waals surface area contributed by atoms with Gasteiger partial charge in [-0.05, 0) is 33.8 Å². The van der Waals surface area contributed by atoms with E-state index in [0.717, 1.165) is 0 Å². The minimum Gasteiger partial charge on any atom is -0.404 e. The van der Waals surface area contributed by atoms with E-state index in [9.17, 15) is 9.13 Å². The third kappa shape index (κ3) is 6.67. The van der Waals surface area contributed by atoms with Gasteiger partial charge in [0.1, 0.15) is 5.75 Å². The molecular weight excluding hydrogens is 354 g/mol. The smallest absolute Gasteiger partial charge is 0.404 e. The number of phosphoric ester groups is 1. The van der Waals surface area contributed by atoms with Crippen LogP contribution < -0.4 is 4.52 Å². The Hall–Kier alpha value is -0.680. The minimum atomic E-state index is -3.74. The summed E-state index contributed by atoms with van der Waals surface area (Å²) in [5.74, 6) is 0.266. The van der Waals surface area contributed by atoms with Gasteiger partial charge in [0.2, 0.25) is 0 Å². The highest BCUT2D eigenvalue weighted by Crippen LogP contribution is 2.55. The number of phosphoric acid groups is 1. The highest BCUT2D eigenvalue weighted by atomic mass is 31.2. The van der Waals surface area contributed by atoms with E-state index in [4.69, 9.17) is 22.6 Å². The van der Waals surface area contributed by atoms with Gasteiger partial charge in [-0.3, -0.25) is 13.6 Å². The van der Waals surface area contributed by atoms with E-state index in [-0.39, 0.29) is 38.3 Å². The molecule has 0 unspecified atom stereocenters. The minimum absolute atomic E-state index is 0.00308. The van der Waals surface area contributed by atoms with Crippen molar-refractivity contribution in [3.8, 4) is 5.75 Å². The zero-order valence-corrected chi connectivity index (χ0v) is 16.4. The van der Waals surface area contributed by atoms with Crippen molar-refractivity contribution in [1.82, 2.24) is 0 Å². The zero-order chi connectivity index (χ0) is 18.1. The standard InChI is InChI=1S/C15H26O7P2/c1-5-18-23(16,19-6-2)13-14-11-9-10-12-15(14)22-24(17,20-7-3)21-8-4/h9-12H,5-8,13H2,1-4H3. The third-order valence-electron chi connectivity index (χ3n) is 2.77. The zero-order valence-electron chi connectivity index (χ0n) is 14.6. The fraction of sp³-hybridized carbons (Fsp3) is 0.600. The molecular formula is C15H26O7P2. The summed E-state index contributed by atoms with van der Waals surface area (Å²) in [5.41, 5.74) is 0.544. The van der Waals surface area contributed by atoms with Crippen molar-refractivity contribution in [2.24, 2.45) is 0 Å². The van der Waals surface area contributed by atoms with Gasteiger partial charge in [-0.1, -0.05) is 18.2 Å². The van der Waals surface area contributed by atoms with Crippen molar-refractivity contribution >= 4 is 15.4 Å². The second-order valence-electron chi connectivity index (χ2n) is 4.59. The summed E-state index contributed by atoms with van der Waals surface area (Å²) in [4.78, 5) is 0. The number of para-hydroxylation sites is 1. The van der Waals surface area contributed by atoms with Gasteiger partial charge in [-0.2, -0.15) is 0 Å². The van der Waals surface area contributed by atoms with Crippen LogP contribution in [0.2, 0.25) is 0 Å². The lowest BCUT2D eigenvalue weighted by molar-refractivity contribution is 0.167. The highest BCUT2D eigenvalue weighted by molar-refractivity contribution is 7.53. The molecule has 0 atom stereocenters. The van der Waals surface area contributed by atoms with Gasteiger partial charge in [0.25, 0.3) is 0 Å². The quantitative estimate of drug-likeness (QED) is 0.471. The van der Waals surface area contributed by atoms with Gasteiger partial charge in [0.05, 0.1) is 32.6 Å². The molecule has 0 heterocycles. The van der Waals surface area contributed by atoms with Crippen molar-refractivity contribution < 1.29 is 31.7 Å².